The monoisotopic (exact) mass is 368 g/mol. The highest BCUT2D eigenvalue weighted by Crippen LogP contribution is 2.25. The van der Waals surface area contributed by atoms with Crippen molar-refractivity contribution in [3.63, 3.8) is 0 Å². The van der Waals surface area contributed by atoms with Crippen LogP contribution in [-0.4, -0.2) is 56.1 Å². The van der Waals surface area contributed by atoms with Crippen molar-refractivity contribution >= 4 is 22.8 Å². The van der Waals surface area contributed by atoms with Gasteiger partial charge in [0, 0.05) is 32.6 Å². The van der Waals surface area contributed by atoms with Crippen LogP contribution in [0.15, 0.2) is 23.1 Å². The quantitative estimate of drug-likeness (QED) is 0.739. The van der Waals surface area contributed by atoms with Gasteiger partial charge in [-0.25, -0.2) is 0 Å². The van der Waals surface area contributed by atoms with Gasteiger partial charge in [-0.1, -0.05) is 20.8 Å². The van der Waals surface area contributed by atoms with Crippen LogP contribution in [0.2, 0.25) is 0 Å². The molecule has 1 saturated heterocycles. The molecule has 9 heteroatoms. The Balaban J connectivity index is 1.48. The average molecular weight is 368 g/mol. The molecular formula is C18H24N8O. The molecule has 0 amide bonds. The molecule has 4 heterocycles. The number of nitrogens with zero attached hydrogens (tertiary/aromatic N) is 7. The fourth-order valence-electron chi connectivity index (χ4n) is 3.14. The molecule has 0 radical (unpaired) electrons. The second-order valence-corrected chi connectivity index (χ2v) is 8.09. The van der Waals surface area contributed by atoms with Crippen molar-refractivity contribution in [1.29, 1.82) is 0 Å². The summed E-state index contributed by atoms with van der Waals surface area (Å²) < 4.78 is 1.61. The van der Waals surface area contributed by atoms with Gasteiger partial charge in [0.1, 0.15) is 5.39 Å². The van der Waals surface area contributed by atoms with E-state index in [2.05, 4.69) is 50.9 Å². The van der Waals surface area contributed by atoms with Crippen LogP contribution in [0.3, 0.4) is 0 Å². The molecule has 4 rings (SSSR count). The third-order valence-electron chi connectivity index (χ3n) is 5.08. The van der Waals surface area contributed by atoms with Gasteiger partial charge in [0.15, 0.2) is 11.5 Å². The van der Waals surface area contributed by atoms with Crippen molar-refractivity contribution in [3.05, 3.63) is 34.4 Å². The molecule has 3 aromatic rings. The smallest absolute Gasteiger partial charge is 0.263 e. The number of fused-ring (bicyclic) bond motifs is 1. The van der Waals surface area contributed by atoms with E-state index in [9.17, 15) is 4.79 Å². The predicted octanol–water partition coefficient (Wildman–Crippen LogP) is 1.07. The SMILES string of the molecule is CN(c1nc2c(cnn2C)c(=O)[nH]1)C1CN(c2ccc(C(C)(C)C)nn2)C1. The number of likely N-dealkylation sites (N-methyl/N-ethyl adjacent to an activating group) is 1. The zero-order chi connectivity index (χ0) is 19.3. The van der Waals surface area contributed by atoms with E-state index in [-0.39, 0.29) is 17.0 Å². The zero-order valence-corrected chi connectivity index (χ0v) is 16.3. The number of aromatic nitrogens is 6. The second-order valence-electron chi connectivity index (χ2n) is 8.09. The Bertz CT molecular complexity index is 1020. The number of aryl methyl sites for hydroxylation is 1. The lowest BCUT2D eigenvalue weighted by Gasteiger charge is -2.44. The number of aromatic amines is 1. The molecule has 0 spiro atoms. The summed E-state index contributed by atoms with van der Waals surface area (Å²) in [6.07, 6.45) is 1.54. The Morgan fingerprint density at radius 1 is 1.22 bits per heavy atom. The fourth-order valence-corrected chi connectivity index (χ4v) is 3.14. The molecule has 3 aromatic heterocycles. The summed E-state index contributed by atoms with van der Waals surface area (Å²) in [5.74, 6) is 1.42. The van der Waals surface area contributed by atoms with E-state index in [1.54, 1.807) is 11.7 Å². The minimum atomic E-state index is -0.172. The molecule has 27 heavy (non-hydrogen) atoms. The number of nitrogens with one attached hydrogen (secondary N) is 1. The maximum Gasteiger partial charge on any atom is 0.263 e. The van der Waals surface area contributed by atoms with Crippen molar-refractivity contribution in [2.45, 2.75) is 32.2 Å². The van der Waals surface area contributed by atoms with E-state index < -0.39 is 0 Å². The minimum Gasteiger partial charge on any atom is -0.351 e. The van der Waals surface area contributed by atoms with Gasteiger partial charge in [-0.15, -0.1) is 5.10 Å². The van der Waals surface area contributed by atoms with Gasteiger partial charge in [0.25, 0.3) is 5.56 Å². The number of rotatable bonds is 3. The summed E-state index contributed by atoms with van der Waals surface area (Å²) in [6.45, 7) is 7.97. The third-order valence-corrected chi connectivity index (χ3v) is 5.08. The molecule has 0 atom stereocenters. The van der Waals surface area contributed by atoms with Gasteiger partial charge in [0.05, 0.1) is 17.9 Å². The van der Waals surface area contributed by atoms with Crippen LogP contribution < -0.4 is 15.4 Å². The van der Waals surface area contributed by atoms with Gasteiger partial charge < -0.3 is 9.80 Å². The molecule has 0 aromatic carbocycles. The molecule has 0 saturated carbocycles. The Morgan fingerprint density at radius 2 is 1.96 bits per heavy atom. The van der Waals surface area contributed by atoms with Crippen LogP contribution in [0.1, 0.15) is 26.5 Å². The summed E-state index contributed by atoms with van der Waals surface area (Å²) in [5, 5.41) is 13.3. The van der Waals surface area contributed by atoms with Crippen molar-refractivity contribution in [2.24, 2.45) is 7.05 Å². The second kappa shape index (κ2) is 6.04. The van der Waals surface area contributed by atoms with E-state index in [0.29, 0.717) is 17.0 Å². The molecule has 0 aliphatic carbocycles. The van der Waals surface area contributed by atoms with E-state index >= 15 is 0 Å². The van der Waals surface area contributed by atoms with Crippen LogP contribution in [0.4, 0.5) is 11.8 Å². The number of anilines is 2. The molecular weight excluding hydrogens is 344 g/mol. The summed E-state index contributed by atoms with van der Waals surface area (Å²) in [6, 6.07) is 4.29. The lowest BCUT2D eigenvalue weighted by atomic mass is 9.92. The molecule has 0 bridgehead atoms. The molecule has 0 unspecified atom stereocenters. The van der Waals surface area contributed by atoms with Crippen molar-refractivity contribution in [2.75, 3.05) is 29.9 Å². The number of H-pyrrole nitrogens is 1. The van der Waals surface area contributed by atoms with Gasteiger partial charge in [-0.05, 0) is 12.1 Å². The minimum absolute atomic E-state index is 0.00872. The van der Waals surface area contributed by atoms with Crippen molar-refractivity contribution < 1.29 is 0 Å². The van der Waals surface area contributed by atoms with Crippen LogP contribution in [0.25, 0.3) is 11.0 Å². The van der Waals surface area contributed by atoms with Gasteiger partial charge >= 0.3 is 0 Å². The van der Waals surface area contributed by atoms with Gasteiger partial charge in [-0.3, -0.25) is 14.5 Å². The predicted molar refractivity (Wildman–Crippen MR) is 104 cm³/mol. The van der Waals surface area contributed by atoms with Crippen LogP contribution in [0, 0.1) is 0 Å². The Kier molecular flexibility index (Phi) is 3.90. The van der Waals surface area contributed by atoms with E-state index in [1.165, 1.54) is 6.20 Å². The summed E-state index contributed by atoms with van der Waals surface area (Å²) >= 11 is 0. The summed E-state index contributed by atoms with van der Waals surface area (Å²) in [5.41, 5.74) is 1.38. The number of hydrogen-bond acceptors (Lipinski definition) is 7. The topological polar surface area (TPSA) is 95.8 Å². The summed E-state index contributed by atoms with van der Waals surface area (Å²) in [7, 11) is 3.72. The van der Waals surface area contributed by atoms with Gasteiger partial charge in [0.2, 0.25) is 5.95 Å². The van der Waals surface area contributed by atoms with Gasteiger partial charge in [-0.2, -0.15) is 15.2 Å². The van der Waals surface area contributed by atoms with E-state index in [4.69, 9.17) is 0 Å². The first kappa shape index (κ1) is 17.4. The lowest BCUT2D eigenvalue weighted by molar-refractivity contribution is 0.482. The Hall–Kier alpha value is -2.97. The highest BCUT2D eigenvalue weighted by Gasteiger charge is 2.32. The summed E-state index contributed by atoms with van der Waals surface area (Å²) in [4.78, 5) is 23.8. The van der Waals surface area contributed by atoms with Crippen LogP contribution >= 0.6 is 0 Å². The normalized spacial score (nSPS) is 15.2. The zero-order valence-electron chi connectivity index (χ0n) is 16.3. The average Bonchev–Trinajstić information content (AvgIpc) is 2.95. The first-order chi connectivity index (χ1) is 12.7. The molecule has 1 N–H and O–H groups in total. The molecule has 9 nitrogen and oxygen atoms in total. The van der Waals surface area contributed by atoms with Crippen molar-refractivity contribution in [3.8, 4) is 0 Å². The van der Waals surface area contributed by atoms with Crippen molar-refractivity contribution in [1.82, 2.24) is 29.9 Å². The standard InChI is InChI=1S/C18H24N8O/c1-18(2,3)13-6-7-14(23-22-13)26-9-11(10-26)24(4)17-20-15-12(16(27)21-17)8-19-25(15)5/h6-8,11H,9-10H2,1-5H3,(H,20,21,27). The maximum atomic E-state index is 12.2. The highest BCUT2D eigenvalue weighted by molar-refractivity contribution is 5.74. The largest absolute Gasteiger partial charge is 0.351 e. The van der Waals surface area contributed by atoms with E-state index in [0.717, 1.165) is 24.6 Å². The Morgan fingerprint density at radius 3 is 2.59 bits per heavy atom. The lowest BCUT2D eigenvalue weighted by Crippen LogP contribution is -2.59. The fraction of sp³-hybridized carbons (Fsp3) is 0.500. The molecule has 142 valence electrons. The van der Waals surface area contributed by atoms with Crippen LogP contribution in [-0.2, 0) is 12.5 Å². The first-order valence-corrected chi connectivity index (χ1v) is 8.98. The third kappa shape index (κ3) is 3.02. The molecule has 1 aliphatic rings. The number of hydrogen-bond donors (Lipinski definition) is 1. The maximum absolute atomic E-state index is 12.2. The molecule has 1 aliphatic heterocycles. The van der Waals surface area contributed by atoms with E-state index in [1.807, 2.05) is 24.1 Å². The first-order valence-electron chi connectivity index (χ1n) is 8.98. The van der Waals surface area contributed by atoms with Crippen LogP contribution in [0.5, 0.6) is 0 Å². The molecule has 1 fully saturated rings. The Labute approximate surface area is 157 Å². The highest BCUT2D eigenvalue weighted by atomic mass is 16.1.